The Labute approximate surface area is 74.7 Å². The third-order valence-electron chi connectivity index (χ3n) is 1.53. The number of hydrogen-bond donors (Lipinski definition) is 2. The van der Waals surface area contributed by atoms with E-state index in [0.717, 1.165) is 10.7 Å². The number of amidine groups is 1. The summed E-state index contributed by atoms with van der Waals surface area (Å²) in [5.41, 5.74) is 6.35. The van der Waals surface area contributed by atoms with Gasteiger partial charge in [0.25, 0.3) is 0 Å². The van der Waals surface area contributed by atoms with Gasteiger partial charge in [0.2, 0.25) is 0 Å². The van der Waals surface area contributed by atoms with Crippen molar-refractivity contribution in [2.75, 3.05) is 0 Å². The monoisotopic (exact) mass is 185 g/mol. The van der Waals surface area contributed by atoms with Gasteiger partial charge in [0.1, 0.15) is 10.8 Å². The zero-order valence-corrected chi connectivity index (χ0v) is 7.85. The second kappa shape index (κ2) is 3.53. The number of rotatable bonds is 2. The van der Waals surface area contributed by atoms with E-state index in [1.165, 1.54) is 4.88 Å². The van der Waals surface area contributed by atoms with Crippen molar-refractivity contribution < 1.29 is 5.21 Å². The van der Waals surface area contributed by atoms with Gasteiger partial charge in [0.05, 0.1) is 12.1 Å². The molecule has 66 valence electrons. The minimum absolute atomic E-state index is 0.198. The Morgan fingerprint density at radius 2 is 2.33 bits per heavy atom. The largest absolute Gasteiger partial charge is 0.409 e. The lowest BCUT2D eigenvalue weighted by molar-refractivity contribution is 0.317. The van der Waals surface area contributed by atoms with Crippen LogP contribution in [-0.4, -0.2) is 16.0 Å². The van der Waals surface area contributed by atoms with E-state index in [1.807, 2.05) is 13.8 Å². The zero-order chi connectivity index (χ0) is 9.14. The molecule has 0 aliphatic rings. The second-order valence-electron chi connectivity index (χ2n) is 2.52. The average molecular weight is 185 g/mol. The molecule has 1 aromatic heterocycles. The Morgan fingerprint density at radius 1 is 1.67 bits per heavy atom. The summed E-state index contributed by atoms with van der Waals surface area (Å²) in [4.78, 5) is 5.42. The standard InChI is InChI=1S/C7H11N3OS/c1-4-5(2)12-7(9-4)3-6(8)10-11/h11H,3H2,1-2H3,(H2,8,10). The molecule has 5 heteroatoms. The summed E-state index contributed by atoms with van der Waals surface area (Å²) in [7, 11) is 0. The Morgan fingerprint density at radius 3 is 2.75 bits per heavy atom. The molecule has 0 fully saturated rings. The fourth-order valence-corrected chi connectivity index (χ4v) is 1.75. The number of nitrogens with zero attached hydrogens (tertiary/aromatic N) is 2. The fraction of sp³-hybridized carbons (Fsp3) is 0.429. The molecule has 0 unspecified atom stereocenters. The molecule has 0 aromatic carbocycles. The number of aromatic nitrogens is 1. The predicted octanol–water partition coefficient (Wildman–Crippen LogP) is 1.05. The van der Waals surface area contributed by atoms with Crippen molar-refractivity contribution in [3.8, 4) is 0 Å². The molecule has 0 aliphatic heterocycles. The normalized spacial score (nSPS) is 12.0. The van der Waals surface area contributed by atoms with Crippen LogP contribution in [0.3, 0.4) is 0 Å². The Hall–Kier alpha value is -1.10. The van der Waals surface area contributed by atoms with Crippen molar-refractivity contribution in [3.63, 3.8) is 0 Å². The molecule has 0 bridgehead atoms. The number of aryl methyl sites for hydroxylation is 2. The summed E-state index contributed by atoms with van der Waals surface area (Å²) in [6, 6.07) is 0. The van der Waals surface area contributed by atoms with Crippen LogP contribution in [0, 0.1) is 13.8 Å². The van der Waals surface area contributed by atoms with Gasteiger partial charge in [0.15, 0.2) is 0 Å². The number of oxime groups is 1. The summed E-state index contributed by atoms with van der Waals surface area (Å²) in [5, 5.41) is 12.1. The van der Waals surface area contributed by atoms with Crippen LogP contribution in [0.5, 0.6) is 0 Å². The van der Waals surface area contributed by atoms with Crippen molar-refractivity contribution in [1.29, 1.82) is 0 Å². The average Bonchev–Trinajstić information content (AvgIpc) is 2.31. The molecule has 1 heterocycles. The molecule has 12 heavy (non-hydrogen) atoms. The summed E-state index contributed by atoms with van der Waals surface area (Å²) in [6.45, 7) is 3.95. The first-order valence-electron chi connectivity index (χ1n) is 3.52. The maximum atomic E-state index is 8.31. The van der Waals surface area contributed by atoms with Crippen LogP contribution in [0.25, 0.3) is 0 Å². The van der Waals surface area contributed by atoms with Gasteiger partial charge in [-0.15, -0.1) is 11.3 Å². The second-order valence-corrected chi connectivity index (χ2v) is 3.81. The van der Waals surface area contributed by atoms with E-state index < -0.39 is 0 Å². The Balaban J connectivity index is 2.77. The lowest BCUT2D eigenvalue weighted by atomic mass is 10.4. The van der Waals surface area contributed by atoms with Crippen LogP contribution >= 0.6 is 11.3 Å². The predicted molar refractivity (Wildman–Crippen MR) is 48.7 cm³/mol. The maximum absolute atomic E-state index is 8.31. The van der Waals surface area contributed by atoms with E-state index in [2.05, 4.69) is 10.1 Å². The van der Waals surface area contributed by atoms with Crippen molar-refractivity contribution in [2.24, 2.45) is 10.9 Å². The molecule has 0 radical (unpaired) electrons. The van der Waals surface area contributed by atoms with E-state index in [0.29, 0.717) is 6.42 Å². The van der Waals surface area contributed by atoms with E-state index in [-0.39, 0.29) is 5.84 Å². The molecule has 0 spiro atoms. The van der Waals surface area contributed by atoms with Gasteiger partial charge in [-0.05, 0) is 13.8 Å². The first-order valence-corrected chi connectivity index (χ1v) is 4.34. The van der Waals surface area contributed by atoms with E-state index >= 15 is 0 Å². The van der Waals surface area contributed by atoms with Gasteiger partial charge in [-0.3, -0.25) is 0 Å². The Kier molecular flexibility index (Phi) is 2.65. The van der Waals surface area contributed by atoms with Crippen LogP contribution < -0.4 is 5.73 Å². The highest BCUT2D eigenvalue weighted by Gasteiger charge is 2.04. The smallest absolute Gasteiger partial charge is 0.146 e. The summed E-state index contributed by atoms with van der Waals surface area (Å²) in [6.07, 6.45) is 0.426. The lowest BCUT2D eigenvalue weighted by Gasteiger charge is -1.91. The van der Waals surface area contributed by atoms with Gasteiger partial charge >= 0.3 is 0 Å². The van der Waals surface area contributed by atoms with Gasteiger partial charge < -0.3 is 10.9 Å². The molecule has 3 N–H and O–H groups in total. The molecule has 0 amide bonds. The van der Waals surface area contributed by atoms with Crippen LogP contribution in [0.15, 0.2) is 5.16 Å². The SMILES string of the molecule is Cc1nc(CC(N)=NO)sc1C. The highest BCUT2D eigenvalue weighted by atomic mass is 32.1. The quantitative estimate of drug-likeness (QED) is 0.313. The molecule has 0 aliphatic carbocycles. The fourth-order valence-electron chi connectivity index (χ4n) is 0.805. The van der Waals surface area contributed by atoms with Gasteiger partial charge in [-0.1, -0.05) is 5.16 Å². The molecule has 0 atom stereocenters. The van der Waals surface area contributed by atoms with Gasteiger partial charge in [0, 0.05) is 4.88 Å². The molecule has 0 saturated carbocycles. The number of nitrogens with two attached hydrogens (primary N) is 1. The summed E-state index contributed by atoms with van der Waals surface area (Å²) in [5.74, 6) is 0.198. The van der Waals surface area contributed by atoms with Crippen LogP contribution in [0.1, 0.15) is 15.6 Å². The van der Waals surface area contributed by atoms with E-state index in [9.17, 15) is 0 Å². The summed E-state index contributed by atoms with van der Waals surface area (Å²) >= 11 is 1.57. The van der Waals surface area contributed by atoms with Crippen LogP contribution in [0.4, 0.5) is 0 Å². The van der Waals surface area contributed by atoms with Crippen LogP contribution in [-0.2, 0) is 6.42 Å². The maximum Gasteiger partial charge on any atom is 0.146 e. The van der Waals surface area contributed by atoms with Gasteiger partial charge in [-0.2, -0.15) is 0 Å². The van der Waals surface area contributed by atoms with Gasteiger partial charge in [-0.25, -0.2) is 4.98 Å². The van der Waals surface area contributed by atoms with Crippen LogP contribution in [0.2, 0.25) is 0 Å². The Bertz CT molecular complexity index is 286. The minimum Gasteiger partial charge on any atom is -0.409 e. The summed E-state index contributed by atoms with van der Waals surface area (Å²) < 4.78 is 0. The zero-order valence-electron chi connectivity index (χ0n) is 7.03. The lowest BCUT2D eigenvalue weighted by Crippen LogP contribution is -2.14. The minimum atomic E-state index is 0.198. The molecule has 0 saturated heterocycles. The molecular formula is C7H11N3OS. The van der Waals surface area contributed by atoms with Crippen molar-refractivity contribution in [3.05, 3.63) is 15.6 Å². The third-order valence-corrected chi connectivity index (χ3v) is 2.61. The van der Waals surface area contributed by atoms with Crippen molar-refractivity contribution in [1.82, 2.24) is 4.98 Å². The highest BCUT2D eigenvalue weighted by Crippen LogP contribution is 2.16. The molecule has 1 aromatic rings. The van der Waals surface area contributed by atoms with Crippen molar-refractivity contribution >= 4 is 17.2 Å². The molecule has 4 nitrogen and oxygen atoms in total. The number of thiazole rings is 1. The third kappa shape index (κ3) is 1.94. The molecular weight excluding hydrogens is 174 g/mol. The number of hydrogen-bond acceptors (Lipinski definition) is 4. The highest BCUT2D eigenvalue weighted by molar-refractivity contribution is 7.11. The topological polar surface area (TPSA) is 71.5 Å². The van der Waals surface area contributed by atoms with E-state index in [1.54, 1.807) is 11.3 Å². The molecule has 1 rings (SSSR count). The van der Waals surface area contributed by atoms with Crippen molar-refractivity contribution in [2.45, 2.75) is 20.3 Å². The first kappa shape index (κ1) is 8.99. The van der Waals surface area contributed by atoms with E-state index in [4.69, 9.17) is 10.9 Å². The first-order chi connectivity index (χ1) is 5.63.